The molecule has 2 aliphatic rings. The topological polar surface area (TPSA) is 116 Å². The second-order valence-corrected chi connectivity index (χ2v) is 10.5. The number of nitrogens with one attached hydrogen (secondary N) is 1. The van der Waals surface area contributed by atoms with Crippen LogP contribution in [0.1, 0.15) is 40.5 Å². The summed E-state index contributed by atoms with van der Waals surface area (Å²) < 4.78 is 22.4. The smallest absolute Gasteiger partial charge is 0.411 e. The molecule has 1 saturated carbocycles. The average molecular weight is 526 g/mol. The Morgan fingerprint density at radius 3 is 2.66 bits per heavy atom. The van der Waals surface area contributed by atoms with E-state index in [-0.39, 0.29) is 25.5 Å². The fraction of sp³-hybridized carbons (Fsp3) is 0.500. The number of fused-ring (bicyclic) bond motifs is 1. The molecule has 2 heterocycles. The lowest BCUT2D eigenvalue weighted by Gasteiger charge is -2.28. The normalized spacial score (nSPS) is 24.4. The van der Waals surface area contributed by atoms with Crippen molar-refractivity contribution in [3.63, 3.8) is 0 Å². The summed E-state index contributed by atoms with van der Waals surface area (Å²) in [5.41, 5.74) is -1.24. The Balaban J connectivity index is 1.57. The number of aromatic nitrogens is 1. The molecule has 1 aliphatic carbocycles. The molecule has 4 atom stereocenters. The fourth-order valence-electron chi connectivity index (χ4n) is 4.73. The van der Waals surface area contributed by atoms with E-state index in [1.807, 2.05) is 12.1 Å². The van der Waals surface area contributed by atoms with Gasteiger partial charge >= 0.3 is 12.1 Å². The van der Waals surface area contributed by atoms with Gasteiger partial charge in [-0.1, -0.05) is 6.08 Å². The van der Waals surface area contributed by atoms with Crippen LogP contribution in [-0.4, -0.2) is 71.4 Å². The zero-order valence-corrected chi connectivity index (χ0v) is 22.5. The van der Waals surface area contributed by atoms with Crippen LogP contribution in [0.5, 0.6) is 11.5 Å². The average Bonchev–Trinajstić information content (AvgIpc) is 3.42. The van der Waals surface area contributed by atoms with Crippen LogP contribution in [0.2, 0.25) is 0 Å². The number of carbonyl (C=O) groups is 3. The van der Waals surface area contributed by atoms with E-state index in [2.05, 4.69) is 16.9 Å². The van der Waals surface area contributed by atoms with Crippen molar-refractivity contribution >= 4 is 28.9 Å². The molecule has 1 N–H and O–H groups in total. The Bertz CT molecular complexity index is 1240. The molecule has 204 valence electrons. The van der Waals surface area contributed by atoms with Crippen molar-refractivity contribution in [1.82, 2.24) is 15.2 Å². The SMILES string of the molecule is C=C[C@H]1C[C@]1(NC(=O)[C@@H]1C[C@@H](Oc2ccnc3cc(OC)ccc23)CN1C(=O)OC(C)(C)C)C(=O)OCC. The second-order valence-electron chi connectivity index (χ2n) is 10.5. The second kappa shape index (κ2) is 10.5. The summed E-state index contributed by atoms with van der Waals surface area (Å²) >= 11 is 0. The van der Waals surface area contributed by atoms with Crippen molar-refractivity contribution in [1.29, 1.82) is 0 Å². The van der Waals surface area contributed by atoms with Crippen LogP contribution >= 0.6 is 0 Å². The van der Waals surface area contributed by atoms with Crippen LogP contribution in [0, 0.1) is 5.92 Å². The number of amides is 2. The van der Waals surface area contributed by atoms with E-state index >= 15 is 0 Å². The summed E-state index contributed by atoms with van der Waals surface area (Å²) in [5, 5.41) is 3.63. The standard InChI is InChI=1S/C28H35N3O7/c1-7-17-15-28(17,25(33)36-8-2)30-24(32)22-14-19(16-31(22)26(34)38-27(3,4)5)37-23-11-12-29-21-13-18(35-6)9-10-20(21)23/h7,9-13,17,19,22H,1,8,14-16H2,2-6H3,(H,30,32)/t17-,19+,22-,28+/m0/s1. The molecule has 10 heteroatoms. The van der Waals surface area contributed by atoms with Crippen LogP contribution in [0.25, 0.3) is 10.9 Å². The Kier molecular flexibility index (Phi) is 7.53. The first-order valence-corrected chi connectivity index (χ1v) is 12.7. The van der Waals surface area contributed by atoms with Gasteiger partial charge in [0.1, 0.15) is 34.8 Å². The highest BCUT2D eigenvalue weighted by molar-refractivity contribution is 5.95. The van der Waals surface area contributed by atoms with Crippen molar-refractivity contribution < 1.29 is 33.3 Å². The van der Waals surface area contributed by atoms with E-state index in [0.717, 1.165) is 5.39 Å². The van der Waals surface area contributed by atoms with E-state index in [0.29, 0.717) is 23.4 Å². The number of rotatable bonds is 8. The molecular weight excluding hydrogens is 490 g/mol. The minimum atomic E-state index is -1.17. The highest BCUT2D eigenvalue weighted by Gasteiger charge is 2.62. The molecule has 2 amide bonds. The van der Waals surface area contributed by atoms with E-state index in [1.54, 1.807) is 59.2 Å². The van der Waals surface area contributed by atoms with Gasteiger partial charge in [0.2, 0.25) is 5.91 Å². The van der Waals surface area contributed by atoms with Gasteiger partial charge in [-0.15, -0.1) is 6.58 Å². The number of pyridine rings is 1. The molecule has 2 aromatic rings. The van der Waals surface area contributed by atoms with Crippen LogP contribution in [0.15, 0.2) is 43.1 Å². The van der Waals surface area contributed by atoms with Gasteiger partial charge in [0.25, 0.3) is 0 Å². The summed E-state index contributed by atoms with van der Waals surface area (Å²) in [7, 11) is 1.58. The van der Waals surface area contributed by atoms with Crippen molar-refractivity contribution in [2.75, 3.05) is 20.3 Å². The number of ether oxygens (including phenoxy) is 4. The Hall–Kier alpha value is -3.82. The Morgan fingerprint density at radius 2 is 2.03 bits per heavy atom. The maximum absolute atomic E-state index is 13.6. The summed E-state index contributed by atoms with van der Waals surface area (Å²) in [6.45, 7) is 11.1. The molecule has 1 aromatic heterocycles. The molecule has 1 saturated heterocycles. The number of hydrogen-bond acceptors (Lipinski definition) is 8. The number of benzene rings is 1. The summed E-state index contributed by atoms with van der Waals surface area (Å²) in [6.07, 6.45) is 2.74. The molecule has 1 aliphatic heterocycles. The van der Waals surface area contributed by atoms with Crippen LogP contribution in [-0.2, 0) is 19.1 Å². The van der Waals surface area contributed by atoms with E-state index in [4.69, 9.17) is 18.9 Å². The van der Waals surface area contributed by atoms with E-state index in [9.17, 15) is 14.4 Å². The van der Waals surface area contributed by atoms with Gasteiger partial charge in [0.05, 0.1) is 25.8 Å². The maximum Gasteiger partial charge on any atom is 0.411 e. The minimum Gasteiger partial charge on any atom is -0.497 e. The van der Waals surface area contributed by atoms with Crippen LogP contribution in [0.4, 0.5) is 4.79 Å². The molecule has 38 heavy (non-hydrogen) atoms. The van der Waals surface area contributed by atoms with E-state index < -0.39 is 41.3 Å². The monoisotopic (exact) mass is 525 g/mol. The number of likely N-dealkylation sites (tertiary alicyclic amines) is 1. The molecule has 0 unspecified atom stereocenters. The fourth-order valence-corrected chi connectivity index (χ4v) is 4.73. The first-order chi connectivity index (χ1) is 18.0. The number of methoxy groups -OCH3 is 1. The maximum atomic E-state index is 13.6. The molecule has 10 nitrogen and oxygen atoms in total. The predicted octanol–water partition coefficient (Wildman–Crippen LogP) is 3.62. The molecule has 1 aromatic carbocycles. The number of hydrogen-bond donors (Lipinski definition) is 1. The Labute approximate surface area is 222 Å². The molecule has 4 rings (SSSR count). The molecule has 0 spiro atoms. The number of nitrogens with zero attached hydrogens (tertiary/aromatic N) is 2. The largest absolute Gasteiger partial charge is 0.497 e. The van der Waals surface area contributed by atoms with Crippen molar-refractivity contribution in [2.45, 2.75) is 63.8 Å². The highest BCUT2D eigenvalue weighted by atomic mass is 16.6. The van der Waals surface area contributed by atoms with Gasteiger partial charge in [0.15, 0.2) is 0 Å². The third-order valence-electron chi connectivity index (χ3n) is 6.68. The van der Waals surface area contributed by atoms with Gasteiger partial charge in [-0.2, -0.15) is 0 Å². The first-order valence-electron chi connectivity index (χ1n) is 12.7. The third kappa shape index (κ3) is 5.54. The zero-order valence-electron chi connectivity index (χ0n) is 22.5. The quantitative estimate of drug-likeness (QED) is 0.410. The summed E-state index contributed by atoms with van der Waals surface area (Å²) in [6, 6.07) is 6.32. The summed E-state index contributed by atoms with van der Waals surface area (Å²) in [4.78, 5) is 45.1. The van der Waals surface area contributed by atoms with Gasteiger partial charge in [-0.3, -0.25) is 14.7 Å². The number of carbonyl (C=O) groups excluding carboxylic acids is 3. The minimum absolute atomic E-state index is 0.129. The van der Waals surface area contributed by atoms with Crippen LogP contribution in [0.3, 0.4) is 0 Å². The van der Waals surface area contributed by atoms with Gasteiger partial charge in [-0.25, -0.2) is 9.59 Å². The zero-order chi connectivity index (χ0) is 27.7. The van der Waals surface area contributed by atoms with Gasteiger partial charge < -0.3 is 24.3 Å². The molecule has 0 bridgehead atoms. The molecule has 2 fully saturated rings. The van der Waals surface area contributed by atoms with Gasteiger partial charge in [0, 0.05) is 30.0 Å². The van der Waals surface area contributed by atoms with Crippen molar-refractivity contribution in [2.24, 2.45) is 5.92 Å². The lowest BCUT2D eigenvalue weighted by atomic mass is 10.1. The van der Waals surface area contributed by atoms with Gasteiger partial charge in [-0.05, 0) is 52.3 Å². The van der Waals surface area contributed by atoms with Crippen molar-refractivity contribution in [3.05, 3.63) is 43.1 Å². The molecular formula is C28H35N3O7. The highest BCUT2D eigenvalue weighted by Crippen LogP contribution is 2.45. The summed E-state index contributed by atoms with van der Waals surface area (Å²) in [5.74, 6) is 0.0263. The Morgan fingerprint density at radius 1 is 1.26 bits per heavy atom. The lowest BCUT2D eigenvalue weighted by molar-refractivity contribution is -0.149. The third-order valence-corrected chi connectivity index (χ3v) is 6.68. The predicted molar refractivity (Wildman–Crippen MR) is 140 cm³/mol. The van der Waals surface area contributed by atoms with Crippen LogP contribution < -0.4 is 14.8 Å². The first kappa shape index (κ1) is 27.2. The molecule has 0 radical (unpaired) electrons. The van der Waals surface area contributed by atoms with E-state index in [1.165, 1.54) is 4.90 Å². The van der Waals surface area contributed by atoms with Crippen molar-refractivity contribution in [3.8, 4) is 11.5 Å². The number of esters is 1. The lowest BCUT2D eigenvalue weighted by Crippen LogP contribution is -2.53.